The van der Waals surface area contributed by atoms with Crippen LogP contribution in [-0.2, 0) is 4.79 Å². The number of benzene rings is 1. The quantitative estimate of drug-likeness (QED) is 0.652. The Hall–Kier alpha value is -1.56. The largest absolute Gasteiger partial charge is 0.457 e. The number of carbonyl (C=O) groups excluding carboxylic acids is 1. The summed E-state index contributed by atoms with van der Waals surface area (Å²) >= 11 is 12.3. The molecule has 1 fully saturated rings. The molecule has 6 heteroatoms. The molecule has 3 rings (SSSR count). The van der Waals surface area contributed by atoms with Gasteiger partial charge in [-0.05, 0) is 30.7 Å². The van der Waals surface area contributed by atoms with Gasteiger partial charge < -0.3 is 9.73 Å². The van der Waals surface area contributed by atoms with E-state index in [1.54, 1.807) is 6.08 Å². The zero-order chi connectivity index (χ0) is 15.0. The molecule has 2 aromatic rings. The molecule has 0 unspecified atom stereocenters. The van der Waals surface area contributed by atoms with Crippen LogP contribution < -0.4 is 5.32 Å². The van der Waals surface area contributed by atoms with Crippen LogP contribution in [0.5, 0.6) is 0 Å². The third-order valence-electron chi connectivity index (χ3n) is 3.00. The number of nitrogens with one attached hydrogen (secondary N) is 1. The highest BCUT2D eigenvalue weighted by molar-refractivity contribution is 8.26. The molecule has 1 aliphatic rings. The third-order valence-corrected chi connectivity index (χ3v) is 4.57. The Morgan fingerprint density at radius 1 is 1.33 bits per heavy atom. The smallest absolute Gasteiger partial charge is 0.263 e. The van der Waals surface area contributed by atoms with E-state index >= 15 is 0 Å². The highest BCUT2D eigenvalue weighted by Crippen LogP contribution is 2.30. The lowest BCUT2D eigenvalue weighted by atomic mass is 10.1. The fraction of sp³-hybridized carbons (Fsp3) is 0.0667. The summed E-state index contributed by atoms with van der Waals surface area (Å²) in [5.41, 5.74) is 1.91. The van der Waals surface area contributed by atoms with Crippen LogP contribution in [0.4, 0.5) is 0 Å². The van der Waals surface area contributed by atoms with E-state index < -0.39 is 0 Å². The van der Waals surface area contributed by atoms with Crippen molar-refractivity contribution in [3.8, 4) is 11.3 Å². The molecule has 1 saturated heterocycles. The van der Waals surface area contributed by atoms with Gasteiger partial charge >= 0.3 is 0 Å². The number of furan rings is 1. The molecule has 1 N–H and O–H groups in total. The topological polar surface area (TPSA) is 42.2 Å². The average Bonchev–Trinajstić information content (AvgIpc) is 3.01. The Kier molecular flexibility index (Phi) is 3.89. The van der Waals surface area contributed by atoms with Crippen molar-refractivity contribution >= 4 is 51.9 Å². The van der Waals surface area contributed by atoms with Crippen molar-refractivity contribution in [1.29, 1.82) is 0 Å². The molecule has 1 aliphatic heterocycles. The van der Waals surface area contributed by atoms with Crippen molar-refractivity contribution < 1.29 is 9.21 Å². The minimum atomic E-state index is -0.193. The zero-order valence-corrected chi connectivity index (χ0v) is 13.4. The van der Waals surface area contributed by atoms with Crippen molar-refractivity contribution in [2.45, 2.75) is 6.92 Å². The van der Waals surface area contributed by atoms with Gasteiger partial charge in [0, 0.05) is 16.7 Å². The van der Waals surface area contributed by atoms with Gasteiger partial charge in [-0.25, -0.2) is 0 Å². The molecule has 0 radical (unpaired) electrons. The average molecular weight is 336 g/mol. The number of thioether (sulfide) groups is 1. The second kappa shape index (κ2) is 5.67. The predicted octanol–water partition coefficient (Wildman–Crippen LogP) is 4.40. The van der Waals surface area contributed by atoms with Gasteiger partial charge in [0.25, 0.3) is 5.91 Å². The van der Waals surface area contributed by atoms with Crippen molar-refractivity contribution in [2.75, 3.05) is 0 Å². The molecule has 1 amide bonds. The Balaban J connectivity index is 1.90. The van der Waals surface area contributed by atoms with E-state index in [9.17, 15) is 4.79 Å². The van der Waals surface area contributed by atoms with E-state index in [1.165, 1.54) is 11.8 Å². The number of thiocarbonyl (C=S) groups is 1. The summed E-state index contributed by atoms with van der Waals surface area (Å²) in [4.78, 5) is 12.1. The summed E-state index contributed by atoms with van der Waals surface area (Å²) in [7, 11) is 0. The summed E-state index contributed by atoms with van der Waals surface area (Å²) in [6.07, 6.45) is 1.68. The Morgan fingerprint density at radius 2 is 2.14 bits per heavy atom. The fourth-order valence-electron chi connectivity index (χ4n) is 1.88. The third kappa shape index (κ3) is 3.05. The lowest BCUT2D eigenvalue weighted by molar-refractivity contribution is -0.115. The number of aryl methyl sites for hydroxylation is 1. The first kappa shape index (κ1) is 14.4. The van der Waals surface area contributed by atoms with Crippen LogP contribution in [0, 0.1) is 6.92 Å². The van der Waals surface area contributed by atoms with Crippen LogP contribution >= 0.6 is 35.6 Å². The van der Waals surface area contributed by atoms with E-state index in [-0.39, 0.29) is 5.91 Å². The first-order valence-electron chi connectivity index (χ1n) is 6.14. The second-order valence-electron chi connectivity index (χ2n) is 4.52. The van der Waals surface area contributed by atoms with Crippen molar-refractivity contribution in [3.05, 3.63) is 51.6 Å². The SMILES string of the molecule is Cc1ccc(-c2ccc(/C=C3/SC(=S)NC3=O)o2)cc1Cl. The fourth-order valence-corrected chi connectivity index (χ4v) is 3.09. The number of rotatable bonds is 2. The molecule has 21 heavy (non-hydrogen) atoms. The first-order chi connectivity index (χ1) is 10.0. The first-order valence-corrected chi connectivity index (χ1v) is 7.74. The summed E-state index contributed by atoms with van der Waals surface area (Å²) in [5, 5.41) is 3.26. The lowest BCUT2D eigenvalue weighted by Gasteiger charge is -2.00. The molecular formula is C15H10ClNO2S2. The van der Waals surface area contributed by atoms with Gasteiger partial charge in [0.2, 0.25) is 0 Å². The molecule has 3 nitrogen and oxygen atoms in total. The highest BCUT2D eigenvalue weighted by Gasteiger charge is 2.22. The van der Waals surface area contributed by atoms with Crippen LogP contribution in [0.15, 0.2) is 39.7 Å². The van der Waals surface area contributed by atoms with E-state index in [0.717, 1.165) is 11.1 Å². The molecule has 0 aliphatic carbocycles. The van der Waals surface area contributed by atoms with Crippen LogP contribution in [0.3, 0.4) is 0 Å². The summed E-state index contributed by atoms with van der Waals surface area (Å²) in [5.74, 6) is 1.11. The number of halogens is 1. The summed E-state index contributed by atoms with van der Waals surface area (Å²) in [6, 6.07) is 9.41. The minimum absolute atomic E-state index is 0.193. The van der Waals surface area contributed by atoms with Gasteiger partial charge in [0.15, 0.2) is 0 Å². The van der Waals surface area contributed by atoms with Crippen molar-refractivity contribution in [1.82, 2.24) is 5.32 Å². The summed E-state index contributed by atoms with van der Waals surface area (Å²) in [6.45, 7) is 1.95. The number of carbonyl (C=O) groups is 1. The molecule has 0 saturated carbocycles. The van der Waals surface area contributed by atoms with E-state index in [2.05, 4.69) is 5.32 Å². The van der Waals surface area contributed by atoms with Crippen molar-refractivity contribution in [2.24, 2.45) is 0 Å². The van der Waals surface area contributed by atoms with Gasteiger partial charge in [0.05, 0.1) is 4.91 Å². The van der Waals surface area contributed by atoms with E-state index in [0.29, 0.717) is 25.8 Å². The van der Waals surface area contributed by atoms with Crippen LogP contribution in [0.25, 0.3) is 17.4 Å². The van der Waals surface area contributed by atoms with E-state index in [1.807, 2.05) is 37.3 Å². The standard InChI is InChI=1S/C15H10ClNO2S2/c1-8-2-3-9(6-11(8)16)12-5-4-10(19-12)7-13-14(18)17-15(20)21-13/h2-7H,1H3,(H,17,18,20)/b13-7+. The molecular weight excluding hydrogens is 326 g/mol. The Labute approximate surface area is 136 Å². The predicted molar refractivity (Wildman–Crippen MR) is 90.2 cm³/mol. The number of hydrogen-bond acceptors (Lipinski definition) is 4. The summed E-state index contributed by atoms with van der Waals surface area (Å²) < 4.78 is 6.20. The van der Waals surface area contributed by atoms with Crippen molar-refractivity contribution in [3.63, 3.8) is 0 Å². The second-order valence-corrected chi connectivity index (χ2v) is 6.64. The zero-order valence-electron chi connectivity index (χ0n) is 11.0. The molecule has 1 aromatic carbocycles. The number of hydrogen-bond donors (Lipinski definition) is 1. The van der Waals surface area contributed by atoms with Gasteiger partial charge in [-0.3, -0.25) is 4.79 Å². The Bertz CT molecular complexity index is 780. The molecule has 106 valence electrons. The van der Waals surface area contributed by atoms with E-state index in [4.69, 9.17) is 28.2 Å². The maximum atomic E-state index is 11.6. The monoisotopic (exact) mass is 335 g/mol. The highest BCUT2D eigenvalue weighted by atomic mass is 35.5. The normalized spacial score (nSPS) is 16.6. The minimum Gasteiger partial charge on any atom is -0.457 e. The van der Waals surface area contributed by atoms with Crippen LogP contribution in [0.2, 0.25) is 5.02 Å². The van der Waals surface area contributed by atoms with Crippen LogP contribution in [0.1, 0.15) is 11.3 Å². The van der Waals surface area contributed by atoms with Gasteiger partial charge in [-0.2, -0.15) is 0 Å². The van der Waals surface area contributed by atoms with Gasteiger partial charge in [-0.1, -0.05) is 47.7 Å². The van der Waals surface area contributed by atoms with Crippen LogP contribution in [-0.4, -0.2) is 10.2 Å². The molecule has 0 bridgehead atoms. The molecule has 0 atom stereocenters. The molecule has 0 spiro atoms. The number of amides is 1. The maximum Gasteiger partial charge on any atom is 0.263 e. The molecule has 1 aromatic heterocycles. The Morgan fingerprint density at radius 3 is 2.81 bits per heavy atom. The molecule has 2 heterocycles. The lowest BCUT2D eigenvalue weighted by Crippen LogP contribution is -2.17. The van der Waals surface area contributed by atoms with Gasteiger partial charge in [-0.15, -0.1) is 0 Å². The maximum absolute atomic E-state index is 11.6. The van der Waals surface area contributed by atoms with Gasteiger partial charge in [0.1, 0.15) is 15.8 Å².